The summed E-state index contributed by atoms with van der Waals surface area (Å²) < 4.78 is 12.4. The van der Waals surface area contributed by atoms with Gasteiger partial charge >= 0.3 is 0 Å². The normalized spacial score (nSPS) is 16.7. The highest BCUT2D eigenvalue weighted by molar-refractivity contribution is 5.48. The zero-order valence-corrected chi connectivity index (χ0v) is 12.5. The quantitative estimate of drug-likeness (QED) is 0.914. The number of rotatable bonds is 2. The van der Waals surface area contributed by atoms with Gasteiger partial charge in [-0.3, -0.25) is 5.41 Å². The van der Waals surface area contributed by atoms with Crippen LogP contribution in [-0.4, -0.2) is 23.0 Å². The molecule has 1 N–H and O–H groups in total. The zero-order chi connectivity index (χ0) is 15.7. The van der Waals surface area contributed by atoms with Crippen LogP contribution in [0.25, 0.3) is 5.69 Å². The highest BCUT2D eigenvalue weighted by Gasteiger charge is 2.23. The van der Waals surface area contributed by atoms with Gasteiger partial charge in [-0.05, 0) is 19.1 Å². The van der Waals surface area contributed by atoms with E-state index in [1.165, 1.54) is 4.68 Å². The van der Waals surface area contributed by atoms with E-state index < -0.39 is 0 Å². The second-order valence-electron chi connectivity index (χ2n) is 5.17. The fourth-order valence-corrected chi connectivity index (χ4v) is 2.63. The van der Waals surface area contributed by atoms with E-state index >= 15 is 0 Å². The molecular weight excluding hydrogens is 280 g/mol. The molecule has 0 aliphatic carbocycles. The number of para-hydroxylation sites is 2. The molecule has 0 bridgehead atoms. The number of aromatic nitrogens is 2. The van der Waals surface area contributed by atoms with E-state index in [0.717, 1.165) is 5.56 Å². The maximum atomic E-state index is 9.48. The van der Waals surface area contributed by atoms with Crippen LogP contribution in [0.15, 0.2) is 24.3 Å². The second-order valence-corrected chi connectivity index (χ2v) is 5.17. The lowest BCUT2D eigenvalue weighted by molar-refractivity contribution is 0.0372. The average Bonchev–Trinajstić information content (AvgIpc) is 2.54. The van der Waals surface area contributed by atoms with Gasteiger partial charge < -0.3 is 9.47 Å². The first-order valence-corrected chi connectivity index (χ1v) is 7.00. The Bertz CT molecular complexity index is 820. The summed E-state index contributed by atoms with van der Waals surface area (Å²) >= 11 is 0. The molecule has 6 heteroatoms. The van der Waals surface area contributed by atoms with E-state index in [0.29, 0.717) is 35.7 Å². The number of nitrogens with one attached hydrogen (secondary N) is 1. The Kier molecular flexibility index (Phi) is 3.65. The fourth-order valence-electron chi connectivity index (χ4n) is 2.63. The molecule has 2 aromatic rings. The highest BCUT2D eigenvalue weighted by atomic mass is 16.5. The standard InChI is InChI=1S/C16H16N4O2/c1-10-7-11-12(8-17)16(18)20(19-13(11)9-22-10)14-5-3-4-6-15(14)21-2/h3-6,10,18H,7,9H2,1-2H3. The Hall–Kier alpha value is -2.65. The Morgan fingerprint density at radius 2 is 2.23 bits per heavy atom. The van der Waals surface area contributed by atoms with Crippen molar-refractivity contribution < 1.29 is 9.47 Å². The van der Waals surface area contributed by atoms with Crippen LogP contribution in [0.1, 0.15) is 23.7 Å². The van der Waals surface area contributed by atoms with Crippen LogP contribution in [0.2, 0.25) is 0 Å². The van der Waals surface area contributed by atoms with Crippen molar-refractivity contribution in [1.82, 2.24) is 9.78 Å². The summed E-state index contributed by atoms with van der Waals surface area (Å²) in [6, 6.07) is 9.45. The van der Waals surface area contributed by atoms with Crippen LogP contribution >= 0.6 is 0 Å². The topological polar surface area (TPSA) is 83.9 Å². The third kappa shape index (κ3) is 2.26. The summed E-state index contributed by atoms with van der Waals surface area (Å²) in [6.45, 7) is 2.30. The van der Waals surface area contributed by atoms with E-state index in [1.807, 2.05) is 25.1 Å². The number of ether oxygens (including phenoxy) is 2. The van der Waals surface area contributed by atoms with Crippen LogP contribution in [0.3, 0.4) is 0 Å². The first kappa shape index (κ1) is 14.3. The average molecular weight is 296 g/mol. The minimum absolute atomic E-state index is 0.0305. The largest absolute Gasteiger partial charge is 0.494 e. The fraction of sp³-hybridized carbons (Fsp3) is 0.312. The van der Waals surface area contributed by atoms with Gasteiger partial charge in [0.25, 0.3) is 0 Å². The van der Waals surface area contributed by atoms with E-state index in [-0.39, 0.29) is 11.6 Å². The Balaban J connectivity index is 2.27. The van der Waals surface area contributed by atoms with Gasteiger partial charge in [0, 0.05) is 12.0 Å². The number of benzene rings is 1. The smallest absolute Gasteiger partial charge is 0.165 e. The maximum absolute atomic E-state index is 9.48. The number of hydrogen-bond acceptors (Lipinski definition) is 5. The summed E-state index contributed by atoms with van der Waals surface area (Å²) in [5, 5.41) is 22.3. The second kappa shape index (κ2) is 5.62. The first-order valence-electron chi connectivity index (χ1n) is 7.00. The number of methoxy groups -OCH3 is 1. The lowest BCUT2D eigenvalue weighted by Gasteiger charge is -2.23. The summed E-state index contributed by atoms with van der Waals surface area (Å²) in [6.07, 6.45) is 0.632. The zero-order valence-electron chi connectivity index (χ0n) is 12.5. The minimum Gasteiger partial charge on any atom is -0.494 e. The number of hydrogen-bond donors (Lipinski definition) is 1. The molecule has 0 saturated heterocycles. The Morgan fingerprint density at radius 1 is 1.45 bits per heavy atom. The van der Waals surface area contributed by atoms with Crippen LogP contribution in [0.4, 0.5) is 0 Å². The molecule has 6 nitrogen and oxygen atoms in total. The predicted molar refractivity (Wildman–Crippen MR) is 78.6 cm³/mol. The predicted octanol–water partition coefficient (Wildman–Crippen LogP) is 1.69. The van der Waals surface area contributed by atoms with Crippen molar-refractivity contribution in [2.45, 2.75) is 26.1 Å². The van der Waals surface area contributed by atoms with Crippen LogP contribution in [-0.2, 0) is 17.8 Å². The molecule has 1 atom stereocenters. The number of nitrogens with zero attached hydrogens (tertiary/aromatic N) is 3. The van der Waals surface area contributed by atoms with Gasteiger partial charge in [0.15, 0.2) is 5.49 Å². The maximum Gasteiger partial charge on any atom is 0.165 e. The van der Waals surface area contributed by atoms with Crippen molar-refractivity contribution in [3.63, 3.8) is 0 Å². The third-order valence-electron chi connectivity index (χ3n) is 3.74. The summed E-state index contributed by atoms with van der Waals surface area (Å²) in [5.41, 5.74) is 2.58. The monoisotopic (exact) mass is 296 g/mol. The number of nitriles is 1. The highest BCUT2D eigenvalue weighted by Crippen LogP contribution is 2.24. The SMILES string of the molecule is COc1ccccc1-n1nc2c(c(C#N)c1=N)CC(C)OC2. The molecule has 0 fully saturated rings. The van der Waals surface area contributed by atoms with Gasteiger partial charge in [-0.15, -0.1) is 0 Å². The molecule has 1 aromatic carbocycles. The molecule has 112 valence electrons. The molecule has 0 spiro atoms. The van der Waals surface area contributed by atoms with Crippen LogP contribution in [0, 0.1) is 16.7 Å². The van der Waals surface area contributed by atoms with Gasteiger partial charge in [-0.1, -0.05) is 12.1 Å². The summed E-state index contributed by atoms with van der Waals surface area (Å²) in [7, 11) is 1.57. The molecule has 0 saturated carbocycles. The Labute approximate surface area is 128 Å². The van der Waals surface area contributed by atoms with Crippen molar-refractivity contribution in [3.8, 4) is 17.5 Å². The molecule has 0 radical (unpaired) electrons. The van der Waals surface area contributed by atoms with Crippen LogP contribution in [0.5, 0.6) is 5.75 Å². The van der Waals surface area contributed by atoms with E-state index in [9.17, 15) is 5.26 Å². The molecule has 1 aliphatic heterocycles. The van der Waals surface area contributed by atoms with E-state index in [2.05, 4.69) is 11.2 Å². The lowest BCUT2D eigenvalue weighted by atomic mass is 10.00. The Morgan fingerprint density at radius 3 is 2.95 bits per heavy atom. The van der Waals surface area contributed by atoms with Crippen molar-refractivity contribution in [2.75, 3.05) is 7.11 Å². The molecule has 0 amide bonds. The molecule has 2 heterocycles. The van der Waals surface area contributed by atoms with Crippen LogP contribution < -0.4 is 10.2 Å². The van der Waals surface area contributed by atoms with E-state index in [1.54, 1.807) is 13.2 Å². The van der Waals surface area contributed by atoms with Crippen molar-refractivity contribution in [3.05, 3.63) is 46.6 Å². The molecule has 3 rings (SSSR count). The lowest BCUT2D eigenvalue weighted by Crippen LogP contribution is -2.32. The summed E-state index contributed by atoms with van der Waals surface area (Å²) in [5.74, 6) is 0.599. The third-order valence-corrected chi connectivity index (χ3v) is 3.74. The molecule has 1 aromatic heterocycles. The minimum atomic E-state index is 0.0305. The molecular formula is C16H16N4O2. The molecule has 1 unspecified atom stereocenters. The summed E-state index contributed by atoms with van der Waals surface area (Å²) in [4.78, 5) is 0. The molecule has 1 aliphatic rings. The van der Waals surface area contributed by atoms with Gasteiger partial charge in [-0.2, -0.15) is 10.4 Å². The first-order chi connectivity index (χ1) is 10.7. The van der Waals surface area contributed by atoms with Crippen molar-refractivity contribution in [2.24, 2.45) is 0 Å². The van der Waals surface area contributed by atoms with E-state index in [4.69, 9.17) is 14.9 Å². The van der Waals surface area contributed by atoms with Crippen molar-refractivity contribution in [1.29, 1.82) is 10.7 Å². The molecule has 22 heavy (non-hydrogen) atoms. The van der Waals surface area contributed by atoms with Crippen molar-refractivity contribution >= 4 is 0 Å². The van der Waals surface area contributed by atoms with Gasteiger partial charge in [0.2, 0.25) is 0 Å². The van der Waals surface area contributed by atoms with Gasteiger partial charge in [0.05, 0.1) is 25.5 Å². The van der Waals surface area contributed by atoms with Gasteiger partial charge in [0.1, 0.15) is 23.1 Å². The van der Waals surface area contributed by atoms with Gasteiger partial charge in [-0.25, -0.2) is 4.68 Å². The number of fused-ring (bicyclic) bond motifs is 1.